The zero-order valence-corrected chi connectivity index (χ0v) is 12.4. The van der Waals surface area contributed by atoms with Crippen molar-refractivity contribution in [3.8, 4) is 0 Å². The highest BCUT2D eigenvalue weighted by Crippen LogP contribution is 2.65. The van der Waals surface area contributed by atoms with E-state index in [1.807, 2.05) is 0 Å². The number of hydrogen-bond donors (Lipinski definition) is 2. The number of carbonyl (C=O) groups excluding carboxylic acids is 1. The van der Waals surface area contributed by atoms with Crippen molar-refractivity contribution in [3.05, 3.63) is 17.0 Å². The van der Waals surface area contributed by atoms with Crippen molar-refractivity contribution in [2.75, 3.05) is 0 Å². The highest BCUT2D eigenvalue weighted by Gasteiger charge is 2.65. The van der Waals surface area contributed by atoms with Crippen LogP contribution in [-0.4, -0.2) is 20.4 Å². The van der Waals surface area contributed by atoms with E-state index in [-0.39, 0.29) is 10.1 Å². The van der Waals surface area contributed by atoms with Crippen LogP contribution >= 0.6 is 11.3 Å². The molecule has 1 heterocycles. The van der Waals surface area contributed by atoms with Gasteiger partial charge in [0.2, 0.25) is 10.0 Å². The monoisotopic (exact) mass is 312 g/mol. The molecule has 1 aromatic heterocycles. The van der Waals surface area contributed by atoms with Crippen molar-refractivity contribution in [1.29, 1.82) is 0 Å². The molecule has 3 aliphatic rings. The maximum absolute atomic E-state index is 12.2. The lowest BCUT2D eigenvalue weighted by Crippen LogP contribution is -2.29. The average Bonchev–Trinajstić information content (AvgIpc) is 2.86. The third-order valence-corrected chi connectivity index (χ3v) is 7.54. The van der Waals surface area contributed by atoms with Gasteiger partial charge in [-0.3, -0.25) is 4.79 Å². The molecule has 0 aromatic carbocycles. The summed E-state index contributed by atoms with van der Waals surface area (Å²) in [4.78, 5) is 12.2. The Morgan fingerprint density at radius 2 is 1.95 bits per heavy atom. The van der Waals surface area contributed by atoms with E-state index in [9.17, 15) is 13.2 Å². The van der Waals surface area contributed by atoms with Crippen molar-refractivity contribution in [2.45, 2.75) is 29.5 Å². The molecule has 2 bridgehead atoms. The quantitative estimate of drug-likeness (QED) is 0.878. The lowest BCUT2D eigenvalue weighted by Gasteiger charge is -2.09. The number of sulfonamides is 1. The largest absolute Gasteiger partial charge is 0.349 e. The van der Waals surface area contributed by atoms with Crippen LogP contribution in [0.3, 0.4) is 0 Å². The molecule has 0 radical (unpaired) electrons. The number of primary sulfonamides is 1. The minimum absolute atomic E-state index is 0.0405. The van der Waals surface area contributed by atoms with E-state index in [0.29, 0.717) is 23.4 Å². The van der Waals surface area contributed by atoms with Gasteiger partial charge in [0.1, 0.15) is 4.21 Å². The average molecular weight is 312 g/mol. The molecule has 1 amide bonds. The number of amides is 1. The van der Waals surface area contributed by atoms with E-state index in [1.165, 1.54) is 25.3 Å². The molecule has 1 aromatic rings. The van der Waals surface area contributed by atoms with E-state index in [0.717, 1.165) is 23.2 Å². The minimum atomic E-state index is -3.71. The maximum Gasteiger partial charge on any atom is 0.252 e. The highest BCUT2D eigenvalue weighted by molar-refractivity contribution is 7.91. The zero-order valence-electron chi connectivity index (χ0n) is 10.8. The van der Waals surface area contributed by atoms with E-state index >= 15 is 0 Å². The SMILES string of the molecule is NS(=O)(=O)c1cc(C(=O)NC2C3C4CCC(C4)C23)cs1. The molecule has 0 aliphatic heterocycles. The molecule has 3 aliphatic carbocycles. The lowest BCUT2D eigenvalue weighted by molar-refractivity contribution is 0.0944. The van der Waals surface area contributed by atoms with Crippen molar-refractivity contribution < 1.29 is 13.2 Å². The van der Waals surface area contributed by atoms with Crippen LogP contribution in [0.1, 0.15) is 29.6 Å². The predicted molar refractivity (Wildman–Crippen MR) is 74.8 cm³/mol. The van der Waals surface area contributed by atoms with E-state index < -0.39 is 10.0 Å². The van der Waals surface area contributed by atoms with Gasteiger partial charge in [-0.25, -0.2) is 13.6 Å². The fourth-order valence-corrected chi connectivity index (χ4v) is 5.92. The first-order chi connectivity index (χ1) is 9.45. The van der Waals surface area contributed by atoms with Crippen LogP contribution in [0.25, 0.3) is 0 Å². The lowest BCUT2D eigenvalue weighted by atomic mass is 10.0. The van der Waals surface area contributed by atoms with Gasteiger partial charge in [0, 0.05) is 11.4 Å². The Labute approximate surface area is 121 Å². The second kappa shape index (κ2) is 4.05. The summed E-state index contributed by atoms with van der Waals surface area (Å²) >= 11 is 0.993. The van der Waals surface area contributed by atoms with Crippen molar-refractivity contribution in [3.63, 3.8) is 0 Å². The first kappa shape index (κ1) is 12.8. The number of carbonyl (C=O) groups is 1. The fraction of sp³-hybridized carbons (Fsp3) is 0.615. The molecule has 4 rings (SSSR count). The molecule has 4 unspecified atom stereocenters. The highest BCUT2D eigenvalue weighted by atomic mass is 32.2. The second-order valence-corrected chi connectivity index (χ2v) is 8.89. The van der Waals surface area contributed by atoms with Crippen LogP contribution in [0.2, 0.25) is 0 Å². The first-order valence-electron chi connectivity index (χ1n) is 6.87. The van der Waals surface area contributed by atoms with Crippen molar-refractivity contribution >= 4 is 27.3 Å². The summed E-state index contributed by atoms with van der Waals surface area (Å²) in [6, 6.07) is 1.67. The van der Waals surface area contributed by atoms with Crippen LogP contribution in [0.5, 0.6) is 0 Å². The molecule has 3 fully saturated rings. The topological polar surface area (TPSA) is 89.3 Å². The van der Waals surface area contributed by atoms with E-state index in [4.69, 9.17) is 5.14 Å². The Bertz CT molecular complexity index is 666. The maximum atomic E-state index is 12.2. The summed E-state index contributed by atoms with van der Waals surface area (Å²) < 4.78 is 22.5. The van der Waals surface area contributed by atoms with Crippen molar-refractivity contribution in [1.82, 2.24) is 5.32 Å². The summed E-state index contributed by atoms with van der Waals surface area (Å²) in [6.45, 7) is 0. The predicted octanol–water partition coefficient (Wildman–Crippen LogP) is 1.17. The molecule has 4 atom stereocenters. The van der Waals surface area contributed by atoms with Crippen LogP contribution in [0.15, 0.2) is 15.7 Å². The van der Waals surface area contributed by atoms with Crippen molar-refractivity contribution in [2.24, 2.45) is 28.8 Å². The number of hydrogen-bond acceptors (Lipinski definition) is 4. The van der Waals surface area contributed by atoms with Gasteiger partial charge in [0.15, 0.2) is 0 Å². The zero-order chi connectivity index (χ0) is 14.1. The molecular weight excluding hydrogens is 296 g/mol. The fourth-order valence-electron chi connectivity index (χ4n) is 4.34. The van der Waals surface area contributed by atoms with Gasteiger partial charge >= 0.3 is 0 Å². The van der Waals surface area contributed by atoms with Gasteiger partial charge < -0.3 is 5.32 Å². The standard InChI is InChI=1S/C13H16N2O3S2/c14-20(17,18)9-4-8(5-19-9)13(16)15-12-10-6-1-2-7(3-6)11(10)12/h4-7,10-12H,1-3H2,(H,15,16)(H2,14,17,18). The Morgan fingerprint density at radius 1 is 1.30 bits per heavy atom. The van der Waals surface area contributed by atoms with E-state index in [2.05, 4.69) is 5.32 Å². The van der Waals surface area contributed by atoms with Crippen LogP contribution in [0.4, 0.5) is 0 Å². The summed E-state index contributed by atoms with van der Waals surface area (Å²) in [5, 5.41) is 9.68. The van der Waals surface area contributed by atoms with Gasteiger partial charge in [-0.2, -0.15) is 0 Å². The molecule has 3 saturated carbocycles. The molecule has 0 saturated heterocycles. The number of thiophene rings is 1. The Morgan fingerprint density at radius 3 is 2.50 bits per heavy atom. The number of rotatable bonds is 3. The molecule has 108 valence electrons. The molecular formula is C13H16N2O3S2. The normalized spacial score (nSPS) is 37.8. The Balaban J connectivity index is 1.46. The van der Waals surface area contributed by atoms with Crippen LogP contribution in [-0.2, 0) is 10.0 Å². The first-order valence-corrected chi connectivity index (χ1v) is 9.30. The minimum Gasteiger partial charge on any atom is -0.349 e. The summed E-state index contributed by atoms with van der Waals surface area (Å²) in [5.41, 5.74) is 0.399. The third-order valence-electron chi connectivity index (χ3n) is 5.15. The molecule has 20 heavy (non-hydrogen) atoms. The summed E-state index contributed by atoms with van der Waals surface area (Å²) in [7, 11) is -3.71. The number of fused-ring (bicyclic) bond motifs is 5. The van der Waals surface area contributed by atoms with Gasteiger partial charge in [0.05, 0.1) is 5.56 Å². The Hall–Kier alpha value is -0.920. The molecule has 3 N–H and O–H groups in total. The third kappa shape index (κ3) is 1.83. The molecule has 7 heteroatoms. The molecule has 0 spiro atoms. The van der Waals surface area contributed by atoms with Gasteiger partial charge in [-0.1, -0.05) is 0 Å². The smallest absolute Gasteiger partial charge is 0.252 e. The van der Waals surface area contributed by atoms with Crippen LogP contribution in [0, 0.1) is 23.7 Å². The number of nitrogens with one attached hydrogen (secondary N) is 1. The van der Waals surface area contributed by atoms with Gasteiger partial charge in [-0.15, -0.1) is 11.3 Å². The summed E-state index contributed by atoms with van der Waals surface area (Å²) in [6.07, 6.45) is 3.97. The van der Waals surface area contributed by atoms with E-state index in [1.54, 1.807) is 5.38 Å². The molecule has 5 nitrogen and oxygen atoms in total. The second-order valence-electron chi connectivity index (χ2n) is 6.19. The van der Waals surface area contributed by atoms with Crippen LogP contribution < -0.4 is 10.5 Å². The summed E-state index contributed by atoms with van der Waals surface area (Å²) in [5.74, 6) is 2.79. The number of nitrogens with two attached hydrogens (primary N) is 1. The van der Waals surface area contributed by atoms with Gasteiger partial charge in [-0.05, 0) is 49.0 Å². The van der Waals surface area contributed by atoms with Gasteiger partial charge in [0.25, 0.3) is 5.91 Å². The Kier molecular flexibility index (Phi) is 2.59.